The van der Waals surface area contributed by atoms with Gasteiger partial charge in [-0.15, -0.1) is 11.3 Å². The molecule has 1 aliphatic rings. The smallest absolute Gasteiger partial charge is 0.143 e. The average molecular weight is 227 g/mol. The van der Waals surface area contributed by atoms with Crippen molar-refractivity contribution >= 4 is 28.5 Å². The number of fused-ring (bicyclic) bond motifs is 1. The molecule has 0 radical (unpaired) electrons. The molecule has 1 aliphatic heterocycles. The van der Waals surface area contributed by atoms with E-state index in [0.29, 0.717) is 6.61 Å². The predicted octanol–water partition coefficient (Wildman–Crippen LogP) is 2.28. The fraction of sp³-hybridized carbons (Fsp3) is 0.500. The van der Waals surface area contributed by atoms with Crippen LogP contribution >= 0.6 is 23.6 Å². The van der Waals surface area contributed by atoms with Crippen molar-refractivity contribution in [2.24, 2.45) is 0 Å². The van der Waals surface area contributed by atoms with Crippen molar-refractivity contribution < 1.29 is 4.74 Å². The van der Waals surface area contributed by atoms with E-state index in [1.54, 1.807) is 11.3 Å². The molecule has 0 saturated carbocycles. The summed E-state index contributed by atoms with van der Waals surface area (Å²) in [6.07, 6.45) is 1.01. The monoisotopic (exact) mass is 227 g/mol. The topological polar surface area (TPSA) is 21.3 Å². The Morgan fingerprint density at radius 1 is 1.57 bits per heavy atom. The molecular formula is C10H13NOS2. The molecule has 1 N–H and O–H groups in total. The minimum Gasteiger partial charge on any atom is -0.490 e. The first-order valence-electron chi connectivity index (χ1n) is 4.77. The summed E-state index contributed by atoms with van der Waals surface area (Å²) in [5.41, 5.74) is 1.32. The zero-order chi connectivity index (χ0) is 10.1. The Morgan fingerprint density at radius 2 is 2.36 bits per heavy atom. The van der Waals surface area contributed by atoms with Crippen LogP contribution in [0.5, 0.6) is 5.75 Å². The number of rotatable bonds is 1. The molecule has 0 bridgehead atoms. The zero-order valence-electron chi connectivity index (χ0n) is 8.35. The Balaban J connectivity index is 2.52. The van der Waals surface area contributed by atoms with Crippen LogP contribution in [0.25, 0.3) is 0 Å². The lowest BCUT2D eigenvalue weighted by Gasteiger charge is -2.04. The first-order chi connectivity index (χ1) is 6.74. The Labute approximate surface area is 93.3 Å². The van der Waals surface area contributed by atoms with Gasteiger partial charge in [0.2, 0.25) is 0 Å². The van der Waals surface area contributed by atoms with Gasteiger partial charge in [0.15, 0.2) is 0 Å². The molecule has 1 aromatic rings. The normalized spacial score (nSPS) is 15.4. The Bertz CT molecular complexity index is 370. The van der Waals surface area contributed by atoms with Gasteiger partial charge in [-0.25, -0.2) is 0 Å². The largest absolute Gasteiger partial charge is 0.490 e. The second-order valence-electron chi connectivity index (χ2n) is 3.25. The third-order valence-corrected chi connectivity index (χ3v) is 3.98. The highest BCUT2D eigenvalue weighted by Gasteiger charge is 2.21. The van der Waals surface area contributed by atoms with Crippen molar-refractivity contribution in [1.82, 2.24) is 5.32 Å². The summed E-state index contributed by atoms with van der Waals surface area (Å²) in [5.74, 6) is 1.02. The van der Waals surface area contributed by atoms with Crippen LogP contribution < -0.4 is 10.1 Å². The van der Waals surface area contributed by atoms with Gasteiger partial charge in [-0.05, 0) is 13.3 Å². The van der Waals surface area contributed by atoms with E-state index in [9.17, 15) is 0 Å². The molecule has 76 valence electrons. The zero-order valence-corrected chi connectivity index (χ0v) is 9.98. The molecule has 14 heavy (non-hydrogen) atoms. The lowest BCUT2D eigenvalue weighted by molar-refractivity contribution is 0.325. The van der Waals surface area contributed by atoms with E-state index < -0.39 is 0 Å². The summed E-state index contributed by atoms with van der Waals surface area (Å²) >= 11 is 7.02. The van der Waals surface area contributed by atoms with Gasteiger partial charge in [0, 0.05) is 17.0 Å². The minimum atomic E-state index is 0.705. The van der Waals surface area contributed by atoms with Crippen LogP contribution in [0.4, 0.5) is 0 Å². The summed E-state index contributed by atoms with van der Waals surface area (Å²) in [5, 5.41) is 3.18. The number of hydrogen-bond donors (Lipinski definition) is 1. The number of nitrogens with one attached hydrogen (secondary N) is 1. The van der Waals surface area contributed by atoms with Gasteiger partial charge in [0.25, 0.3) is 0 Å². The van der Waals surface area contributed by atoms with Crippen molar-refractivity contribution in [3.63, 3.8) is 0 Å². The molecule has 0 unspecified atom stereocenters. The van der Waals surface area contributed by atoms with Crippen molar-refractivity contribution in [1.29, 1.82) is 0 Å². The van der Waals surface area contributed by atoms with Crippen molar-refractivity contribution in [2.45, 2.75) is 20.3 Å². The van der Waals surface area contributed by atoms with E-state index in [1.807, 2.05) is 0 Å². The van der Waals surface area contributed by atoms with Gasteiger partial charge in [-0.1, -0.05) is 19.1 Å². The molecule has 4 heteroatoms. The Hall–Kier alpha value is -0.610. The fourth-order valence-electron chi connectivity index (χ4n) is 1.67. The lowest BCUT2D eigenvalue weighted by Crippen LogP contribution is -2.23. The van der Waals surface area contributed by atoms with Crippen LogP contribution in [0.2, 0.25) is 0 Å². The third-order valence-electron chi connectivity index (χ3n) is 2.35. The second kappa shape index (κ2) is 3.87. The van der Waals surface area contributed by atoms with Crippen LogP contribution in [0, 0.1) is 6.92 Å². The van der Waals surface area contributed by atoms with E-state index in [-0.39, 0.29) is 0 Å². The van der Waals surface area contributed by atoms with Gasteiger partial charge in [0.1, 0.15) is 22.2 Å². The summed E-state index contributed by atoms with van der Waals surface area (Å²) in [4.78, 5) is 3.26. The Kier molecular flexibility index (Phi) is 2.74. The maximum absolute atomic E-state index is 5.72. The van der Waals surface area contributed by atoms with E-state index >= 15 is 0 Å². The summed E-state index contributed by atoms with van der Waals surface area (Å²) in [6, 6.07) is 0. The van der Waals surface area contributed by atoms with Gasteiger partial charge in [-0.3, -0.25) is 0 Å². The van der Waals surface area contributed by atoms with Gasteiger partial charge in [0.05, 0.1) is 0 Å². The maximum atomic E-state index is 5.72. The first kappa shape index (κ1) is 9.93. The second-order valence-corrected chi connectivity index (χ2v) is 4.89. The molecule has 2 heterocycles. The fourth-order valence-corrected chi connectivity index (χ4v) is 3.09. The molecule has 1 aromatic heterocycles. The molecule has 2 rings (SSSR count). The number of thiophene rings is 1. The van der Waals surface area contributed by atoms with Gasteiger partial charge in [-0.2, -0.15) is 0 Å². The van der Waals surface area contributed by atoms with Crippen molar-refractivity contribution in [3.05, 3.63) is 15.3 Å². The van der Waals surface area contributed by atoms with Crippen LogP contribution in [0.1, 0.15) is 22.2 Å². The predicted molar refractivity (Wildman–Crippen MR) is 63.6 cm³/mol. The average Bonchev–Trinajstić information content (AvgIpc) is 2.39. The molecule has 0 aromatic carbocycles. The maximum Gasteiger partial charge on any atom is 0.143 e. The van der Waals surface area contributed by atoms with Crippen LogP contribution in [0.15, 0.2) is 0 Å². The molecule has 0 amide bonds. The summed E-state index contributed by atoms with van der Waals surface area (Å²) < 4.78 is 5.72. The van der Waals surface area contributed by atoms with Crippen LogP contribution in [0.3, 0.4) is 0 Å². The van der Waals surface area contributed by atoms with Crippen molar-refractivity contribution in [3.8, 4) is 5.75 Å². The van der Waals surface area contributed by atoms with Gasteiger partial charge >= 0.3 is 0 Å². The van der Waals surface area contributed by atoms with Crippen LogP contribution in [-0.2, 0) is 6.42 Å². The number of aryl methyl sites for hydroxylation is 1. The molecule has 0 fully saturated rings. The lowest BCUT2D eigenvalue weighted by atomic mass is 10.2. The van der Waals surface area contributed by atoms with E-state index in [1.165, 1.54) is 10.4 Å². The molecular weight excluding hydrogens is 214 g/mol. The first-order valence-corrected chi connectivity index (χ1v) is 5.99. The van der Waals surface area contributed by atoms with Crippen molar-refractivity contribution in [2.75, 3.05) is 13.2 Å². The molecule has 0 spiro atoms. The van der Waals surface area contributed by atoms with E-state index in [0.717, 1.165) is 28.6 Å². The third kappa shape index (κ3) is 1.53. The highest BCUT2D eigenvalue weighted by Crippen LogP contribution is 2.36. The highest BCUT2D eigenvalue weighted by molar-refractivity contribution is 7.81. The highest BCUT2D eigenvalue weighted by atomic mass is 32.1. The van der Waals surface area contributed by atoms with E-state index in [2.05, 4.69) is 19.2 Å². The van der Waals surface area contributed by atoms with Gasteiger partial charge < -0.3 is 10.1 Å². The molecule has 0 saturated heterocycles. The molecule has 2 nitrogen and oxygen atoms in total. The SMILES string of the molecule is CCc1c(C)sc2c1OCCNC2=S. The molecule has 0 atom stereocenters. The quantitative estimate of drug-likeness (QED) is 0.744. The molecule has 0 aliphatic carbocycles. The van der Waals surface area contributed by atoms with E-state index in [4.69, 9.17) is 17.0 Å². The summed E-state index contributed by atoms with van der Waals surface area (Å²) in [7, 11) is 0. The number of hydrogen-bond acceptors (Lipinski definition) is 3. The standard InChI is InChI=1S/C10H13NOS2/c1-3-7-6(2)14-9-8(7)12-5-4-11-10(9)13/h3-5H2,1-2H3,(H,11,13). The number of thiocarbonyl (C=S) groups is 1. The minimum absolute atomic E-state index is 0.705. The Morgan fingerprint density at radius 3 is 3.07 bits per heavy atom. The number of ether oxygens (including phenoxy) is 1. The van der Waals surface area contributed by atoms with Crippen LogP contribution in [-0.4, -0.2) is 18.1 Å². The summed E-state index contributed by atoms with van der Waals surface area (Å²) in [6.45, 7) is 5.79.